The van der Waals surface area contributed by atoms with E-state index in [0.29, 0.717) is 12.0 Å². The molecule has 8 nitrogen and oxygen atoms in total. The van der Waals surface area contributed by atoms with Gasteiger partial charge in [0.1, 0.15) is 28.6 Å². The summed E-state index contributed by atoms with van der Waals surface area (Å²) >= 11 is 5.04. The second-order valence-electron chi connectivity index (χ2n) is 7.47. The zero-order valence-corrected chi connectivity index (χ0v) is 18.8. The topological polar surface area (TPSA) is 110 Å². The molecule has 0 aliphatic carbocycles. The van der Waals surface area contributed by atoms with Crippen LogP contribution in [0.3, 0.4) is 0 Å². The van der Waals surface area contributed by atoms with E-state index in [1.807, 2.05) is 28.5 Å². The lowest BCUT2D eigenvalue weighted by molar-refractivity contribution is 0.332. The molecule has 4 aromatic heterocycles. The van der Waals surface area contributed by atoms with E-state index in [1.165, 1.54) is 0 Å². The Balaban J connectivity index is 1.42. The first-order chi connectivity index (χ1) is 15.2. The Morgan fingerprint density at radius 3 is 3.10 bits per heavy atom. The van der Waals surface area contributed by atoms with Gasteiger partial charge < -0.3 is 9.88 Å². The van der Waals surface area contributed by atoms with Crippen molar-refractivity contribution >= 4 is 43.3 Å². The third kappa shape index (κ3) is 3.48. The molecule has 1 N–H and O–H groups in total. The number of anilines is 1. The molecule has 5 rings (SSSR count). The Hall–Kier alpha value is -3.21. The highest BCUT2D eigenvalue weighted by atomic mass is 79.9. The standard InChI is InChI=1S/C21H17BrN8S/c22-17-11-31-21(16(17)7-24)29-6-3-13(9-29)18(1-4-23)30-10-14(8-28-30)19-15-2-5-25-20(15)27-12-26-19/h2,5,8,10-13,18H,1,3,6,9H2,(H,25,26,27)/t13-,18-/m0/s1. The third-order valence-corrected chi connectivity index (χ3v) is 7.73. The number of halogens is 1. The zero-order valence-electron chi connectivity index (χ0n) is 16.4. The van der Waals surface area contributed by atoms with Gasteiger partial charge in [0.2, 0.25) is 0 Å². The SMILES string of the molecule is N#CC[C@@H]([C@H]1CCN(c2scc(Br)c2C#N)C1)n1cc(-c2ncnc3[nH]ccc23)cn1. The first-order valence-electron chi connectivity index (χ1n) is 9.81. The molecule has 0 saturated carbocycles. The Kier molecular flexibility index (Phi) is 5.18. The van der Waals surface area contributed by atoms with Gasteiger partial charge in [0.25, 0.3) is 0 Å². The van der Waals surface area contributed by atoms with Gasteiger partial charge >= 0.3 is 0 Å². The molecule has 2 atom stereocenters. The monoisotopic (exact) mass is 492 g/mol. The summed E-state index contributed by atoms with van der Waals surface area (Å²) in [4.78, 5) is 14.0. The van der Waals surface area contributed by atoms with Crippen molar-refractivity contribution in [3.63, 3.8) is 0 Å². The number of rotatable bonds is 5. The number of aromatic amines is 1. The van der Waals surface area contributed by atoms with Crippen LogP contribution in [0, 0.1) is 28.6 Å². The Bertz CT molecular complexity index is 1320. The van der Waals surface area contributed by atoms with Gasteiger partial charge in [-0.15, -0.1) is 11.3 Å². The molecular weight excluding hydrogens is 476 g/mol. The summed E-state index contributed by atoms with van der Waals surface area (Å²) in [7, 11) is 0. The Morgan fingerprint density at radius 2 is 2.26 bits per heavy atom. The summed E-state index contributed by atoms with van der Waals surface area (Å²) < 4.78 is 2.74. The molecule has 0 unspecified atom stereocenters. The number of thiophene rings is 1. The van der Waals surface area contributed by atoms with Crippen LogP contribution in [0.15, 0.2) is 40.8 Å². The van der Waals surface area contributed by atoms with Crippen LogP contribution in [0.25, 0.3) is 22.3 Å². The quantitative estimate of drug-likeness (QED) is 0.439. The van der Waals surface area contributed by atoms with Crippen molar-refractivity contribution in [1.29, 1.82) is 10.5 Å². The summed E-state index contributed by atoms with van der Waals surface area (Å²) in [6, 6.07) is 6.54. The molecule has 1 saturated heterocycles. The van der Waals surface area contributed by atoms with E-state index < -0.39 is 0 Å². The summed E-state index contributed by atoms with van der Waals surface area (Å²) in [5, 5.41) is 27.5. The van der Waals surface area contributed by atoms with Crippen LogP contribution in [0.5, 0.6) is 0 Å². The van der Waals surface area contributed by atoms with Crippen LogP contribution in [-0.2, 0) is 0 Å². The van der Waals surface area contributed by atoms with E-state index >= 15 is 0 Å². The minimum absolute atomic E-state index is 0.0405. The van der Waals surface area contributed by atoms with Crippen molar-refractivity contribution in [1.82, 2.24) is 24.7 Å². The number of nitrogens with zero attached hydrogens (tertiary/aromatic N) is 7. The van der Waals surface area contributed by atoms with Gasteiger partial charge in [-0.2, -0.15) is 15.6 Å². The summed E-state index contributed by atoms with van der Waals surface area (Å²) in [5.41, 5.74) is 3.19. The minimum Gasteiger partial charge on any atom is -0.362 e. The van der Waals surface area contributed by atoms with Crippen LogP contribution >= 0.6 is 27.3 Å². The van der Waals surface area contributed by atoms with Crippen LogP contribution in [0.1, 0.15) is 24.4 Å². The second-order valence-corrected chi connectivity index (χ2v) is 9.18. The van der Waals surface area contributed by atoms with Crippen molar-refractivity contribution in [2.24, 2.45) is 5.92 Å². The molecule has 0 radical (unpaired) electrons. The van der Waals surface area contributed by atoms with Crippen molar-refractivity contribution in [3.05, 3.63) is 46.4 Å². The molecule has 4 aromatic rings. The number of hydrogen-bond acceptors (Lipinski definition) is 7. The fraction of sp³-hybridized carbons (Fsp3) is 0.286. The molecule has 10 heteroatoms. The number of H-pyrrole nitrogens is 1. The maximum atomic E-state index is 9.49. The van der Waals surface area contributed by atoms with Gasteiger partial charge in [0.05, 0.1) is 30.4 Å². The third-order valence-electron chi connectivity index (χ3n) is 5.76. The lowest BCUT2D eigenvalue weighted by Crippen LogP contribution is -2.25. The van der Waals surface area contributed by atoms with Crippen LogP contribution in [0.2, 0.25) is 0 Å². The lowest BCUT2D eigenvalue weighted by Gasteiger charge is -2.23. The number of hydrogen-bond donors (Lipinski definition) is 1. The maximum absolute atomic E-state index is 9.49. The first kappa shape index (κ1) is 19.7. The average molecular weight is 493 g/mol. The summed E-state index contributed by atoms with van der Waals surface area (Å²) in [5.74, 6) is 0.262. The number of nitriles is 2. The molecule has 1 aliphatic rings. The highest BCUT2D eigenvalue weighted by Crippen LogP contribution is 2.40. The van der Waals surface area contributed by atoms with Gasteiger partial charge in [-0.25, -0.2) is 9.97 Å². The van der Waals surface area contributed by atoms with Gasteiger partial charge in [-0.1, -0.05) is 0 Å². The lowest BCUT2D eigenvalue weighted by atomic mass is 9.96. The molecular formula is C21H17BrN8S. The van der Waals surface area contributed by atoms with Crippen LogP contribution < -0.4 is 4.90 Å². The van der Waals surface area contributed by atoms with Crippen molar-refractivity contribution in [2.75, 3.05) is 18.0 Å². The van der Waals surface area contributed by atoms with Crippen molar-refractivity contribution in [2.45, 2.75) is 18.9 Å². The van der Waals surface area contributed by atoms with Crippen LogP contribution in [0.4, 0.5) is 5.00 Å². The van der Waals surface area contributed by atoms with Crippen molar-refractivity contribution < 1.29 is 0 Å². The molecule has 1 fully saturated rings. The molecule has 31 heavy (non-hydrogen) atoms. The van der Waals surface area contributed by atoms with E-state index in [0.717, 1.165) is 51.3 Å². The largest absolute Gasteiger partial charge is 0.362 e. The number of aromatic nitrogens is 5. The molecule has 154 valence electrons. The minimum atomic E-state index is -0.0405. The number of nitrogens with one attached hydrogen (secondary N) is 1. The molecule has 1 aliphatic heterocycles. The molecule has 5 heterocycles. The molecule has 0 bridgehead atoms. The molecule has 0 aromatic carbocycles. The smallest absolute Gasteiger partial charge is 0.141 e. The Labute approximate surface area is 190 Å². The van der Waals surface area contributed by atoms with Crippen LogP contribution in [-0.4, -0.2) is 37.8 Å². The first-order valence-corrected chi connectivity index (χ1v) is 11.5. The summed E-state index contributed by atoms with van der Waals surface area (Å²) in [6.07, 6.45) is 8.48. The predicted octanol–water partition coefficient (Wildman–Crippen LogP) is 4.50. The molecule has 0 spiro atoms. The average Bonchev–Trinajstić information content (AvgIpc) is 3.57. The zero-order chi connectivity index (χ0) is 21.4. The summed E-state index contributed by atoms with van der Waals surface area (Å²) in [6.45, 7) is 1.65. The number of fused-ring (bicyclic) bond motifs is 1. The van der Waals surface area contributed by atoms with Gasteiger partial charge in [0, 0.05) is 52.2 Å². The van der Waals surface area contributed by atoms with E-state index in [2.05, 4.69) is 53.0 Å². The molecule has 0 amide bonds. The van der Waals surface area contributed by atoms with Gasteiger partial charge in [-0.05, 0) is 28.4 Å². The normalized spacial score (nSPS) is 17.0. The van der Waals surface area contributed by atoms with Gasteiger partial charge in [-0.3, -0.25) is 4.68 Å². The predicted molar refractivity (Wildman–Crippen MR) is 121 cm³/mol. The fourth-order valence-electron chi connectivity index (χ4n) is 4.26. The second kappa shape index (κ2) is 8.14. The van der Waals surface area contributed by atoms with E-state index in [1.54, 1.807) is 23.9 Å². The van der Waals surface area contributed by atoms with E-state index in [4.69, 9.17) is 0 Å². The van der Waals surface area contributed by atoms with E-state index in [-0.39, 0.29) is 12.0 Å². The van der Waals surface area contributed by atoms with Crippen molar-refractivity contribution in [3.8, 4) is 23.4 Å². The highest BCUT2D eigenvalue weighted by Gasteiger charge is 2.33. The van der Waals surface area contributed by atoms with Gasteiger partial charge in [0.15, 0.2) is 0 Å². The fourth-order valence-corrected chi connectivity index (χ4v) is 5.87. The maximum Gasteiger partial charge on any atom is 0.141 e. The highest BCUT2D eigenvalue weighted by molar-refractivity contribution is 9.10. The van der Waals surface area contributed by atoms with E-state index in [9.17, 15) is 10.5 Å². The Morgan fingerprint density at radius 1 is 1.35 bits per heavy atom.